The van der Waals surface area contributed by atoms with E-state index in [4.69, 9.17) is 0 Å². The predicted octanol–water partition coefficient (Wildman–Crippen LogP) is 4.74. The highest BCUT2D eigenvalue weighted by molar-refractivity contribution is 5.93. The summed E-state index contributed by atoms with van der Waals surface area (Å²) in [4.78, 5) is 4.71. The van der Waals surface area contributed by atoms with Crippen LogP contribution in [0.25, 0.3) is 10.8 Å². The Morgan fingerprint density at radius 2 is 1.77 bits per heavy atom. The number of halogens is 3. The van der Waals surface area contributed by atoms with Crippen molar-refractivity contribution in [3.8, 4) is 11.6 Å². The number of rotatable bonds is 4. The van der Waals surface area contributed by atoms with Crippen LogP contribution in [0.2, 0.25) is 0 Å². The summed E-state index contributed by atoms with van der Waals surface area (Å²) in [6.07, 6.45) is -1.71. The number of aryl methyl sites for hydroxylation is 1. The average Bonchev–Trinajstić information content (AvgIpc) is 2.85. The normalized spacial score (nSPS) is 16.0. The van der Waals surface area contributed by atoms with E-state index in [-0.39, 0.29) is 11.6 Å². The highest BCUT2D eigenvalue weighted by Crippen LogP contribution is 2.35. The van der Waals surface area contributed by atoms with Crippen LogP contribution in [0.3, 0.4) is 0 Å². The highest BCUT2D eigenvalue weighted by atomic mass is 19.4. The summed E-state index contributed by atoms with van der Waals surface area (Å²) in [5.74, 6) is -0.105. The second kappa shape index (κ2) is 8.34. The summed E-state index contributed by atoms with van der Waals surface area (Å²) in [6, 6.07) is 9.91. The Kier molecular flexibility index (Phi) is 5.75. The zero-order valence-corrected chi connectivity index (χ0v) is 17.6. The first-order chi connectivity index (χ1) is 14.7. The molecule has 31 heavy (non-hydrogen) atoms. The molecular weight excluding hydrogens is 407 g/mol. The van der Waals surface area contributed by atoms with E-state index in [0.29, 0.717) is 6.54 Å². The molecule has 0 bridgehead atoms. The summed E-state index contributed by atoms with van der Waals surface area (Å²) in [6.45, 7) is 6.38. The monoisotopic (exact) mass is 433 g/mol. The summed E-state index contributed by atoms with van der Waals surface area (Å²) in [5, 5.41) is 12.5. The van der Waals surface area contributed by atoms with Gasteiger partial charge in [-0.05, 0) is 62.3 Å². The van der Waals surface area contributed by atoms with Crippen LogP contribution < -0.4 is 9.64 Å². The van der Waals surface area contributed by atoms with E-state index < -0.39 is 6.36 Å². The number of benzene rings is 2. The number of aromatic nitrogens is 1. The van der Waals surface area contributed by atoms with Crippen LogP contribution in [0.15, 0.2) is 42.6 Å². The minimum Gasteiger partial charge on any atom is -0.494 e. The van der Waals surface area contributed by atoms with E-state index in [0.717, 1.165) is 60.2 Å². The van der Waals surface area contributed by atoms with Gasteiger partial charge < -0.3 is 24.2 Å². The molecule has 2 heterocycles. The number of ether oxygens (including phenoxy) is 1. The maximum Gasteiger partial charge on any atom is 0.573 e. The van der Waals surface area contributed by atoms with Crippen LogP contribution >= 0.6 is 0 Å². The molecule has 3 aromatic rings. The predicted molar refractivity (Wildman–Crippen MR) is 115 cm³/mol. The Morgan fingerprint density at radius 1 is 1.03 bits per heavy atom. The van der Waals surface area contributed by atoms with Gasteiger partial charge in [-0.15, -0.1) is 13.2 Å². The molecule has 166 valence electrons. The molecule has 1 saturated heterocycles. The third-order valence-corrected chi connectivity index (χ3v) is 5.74. The topological polar surface area (TPSA) is 40.9 Å². The van der Waals surface area contributed by atoms with Crippen molar-refractivity contribution in [3.05, 3.63) is 53.7 Å². The standard InChI is InChI=1S/C23H26F3N3O2/c1-16-12-19(28-9-3-8-27(2)10-11-28)13-18-15-29(22(30)21(16)18)14-17-4-6-20(7-5-17)31-23(24,25)26/h4-7,12-13,15,30H,3,8-11,14H2,1-2H3. The van der Waals surface area contributed by atoms with Gasteiger partial charge in [-0.25, -0.2) is 0 Å². The zero-order valence-electron chi connectivity index (χ0n) is 17.6. The van der Waals surface area contributed by atoms with Gasteiger partial charge in [-0.1, -0.05) is 12.1 Å². The number of hydrogen-bond donors (Lipinski definition) is 1. The van der Waals surface area contributed by atoms with Crippen LogP contribution in [0.4, 0.5) is 18.9 Å². The number of alkyl halides is 3. The minimum absolute atomic E-state index is 0.158. The third kappa shape index (κ3) is 4.90. The van der Waals surface area contributed by atoms with Crippen molar-refractivity contribution in [1.29, 1.82) is 0 Å². The van der Waals surface area contributed by atoms with E-state index in [9.17, 15) is 18.3 Å². The van der Waals surface area contributed by atoms with E-state index in [2.05, 4.69) is 33.7 Å². The Labute approximate surface area is 179 Å². The molecule has 4 rings (SSSR count). The van der Waals surface area contributed by atoms with Gasteiger partial charge in [0, 0.05) is 42.3 Å². The number of likely N-dealkylation sites (N-methyl/N-ethyl adjacent to an activating group) is 1. The first-order valence-corrected chi connectivity index (χ1v) is 10.3. The van der Waals surface area contributed by atoms with Crippen molar-refractivity contribution in [2.24, 2.45) is 0 Å². The Bertz CT molecular complexity index is 1060. The summed E-state index contributed by atoms with van der Waals surface area (Å²) in [5.41, 5.74) is 2.90. The molecule has 2 aromatic carbocycles. The van der Waals surface area contributed by atoms with Crippen molar-refractivity contribution >= 4 is 16.5 Å². The lowest BCUT2D eigenvalue weighted by Crippen LogP contribution is -2.28. The van der Waals surface area contributed by atoms with Crippen molar-refractivity contribution in [1.82, 2.24) is 9.47 Å². The number of nitrogens with zero attached hydrogens (tertiary/aromatic N) is 3. The lowest BCUT2D eigenvalue weighted by atomic mass is 10.1. The first kappa shape index (κ1) is 21.4. The summed E-state index contributed by atoms with van der Waals surface area (Å²) >= 11 is 0. The molecule has 1 fully saturated rings. The van der Waals surface area contributed by atoms with Gasteiger partial charge in [0.05, 0.1) is 6.54 Å². The number of fused-ring (bicyclic) bond motifs is 1. The SMILES string of the molecule is Cc1cc(N2CCCN(C)CC2)cc2cn(Cc3ccc(OC(F)(F)F)cc3)c(O)c12. The van der Waals surface area contributed by atoms with Crippen LogP contribution in [-0.2, 0) is 6.54 Å². The van der Waals surface area contributed by atoms with Gasteiger partial charge >= 0.3 is 6.36 Å². The largest absolute Gasteiger partial charge is 0.573 e. The lowest BCUT2D eigenvalue weighted by molar-refractivity contribution is -0.274. The fraction of sp³-hybridized carbons (Fsp3) is 0.391. The third-order valence-electron chi connectivity index (χ3n) is 5.74. The molecule has 1 N–H and O–H groups in total. The first-order valence-electron chi connectivity index (χ1n) is 10.3. The molecule has 0 atom stereocenters. The molecular formula is C23H26F3N3O2. The lowest BCUT2D eigenvalue weighted by Gasteiger charge is -2.23. The zero-order chi connectivity index (χ0) is 22.2. The quantitative estimate of drug-likeness (QED) is 0.645. The molecule has 0 unspecified atom stereocenters. The molecule has 0 radical (unpaired) electrons. The molecule has 0 saturated carbocycles. The van der Waals surface area contributed by atoms with Gasteiger partial charge in [0.2, 0.25) is 0 Å². The van der Waals surface area contributed by atoms with E-state index >= 15 is 0 Å². The van der Waals surface area contributed by atoms with Crippen molar-refractivity contribution in [2.45, 2.75) is 26.3 Å². The average molecular weight is 433 g/mol. The fourth-order valence-corrected chi connectivity index (χ4v) is 4.18. The maximum atomic E-state index is 12.3. The van der Waals surface area contributed by atoms with Crippen LogP contribution in [0.1, 0.15) is 17.5 Å². The second-order valence-corrected chi connectivity index (χ2v) is 8.14. The molecule has 0 aliphatic carbocycles. The summed E-state index contributed by atoms with van der Waals surface area (Å²) in [7, 11) is 2.14. The molecule has 8 heteroatoms. The van der Waals surface area contributed by atoms with E-state index in [1.807, 2.05) is 13.1 Å². The van der Waals surface area contributed by atoms with Gasteiger partial charge in [-0.2, -0.15) is 0 Å². The highest BCUT2D eigenvalue weighted by Gasteiger charge is 2.31. The molecule has 0 spiro atoms. The smallest absolute Gasteiger partial charge is 0.494 e. The van der Waals surface area contributed by atoms with Crippen LogP contribution in [-0.4, -0.2) is 54.2 Å². The van der Waals surface area contributed by atoms with Gasteiger partial charge in [0.15, 0.2) is 5.88 Å². The van der Waals surface area contributed by atoms with Crippen LogP contribution in [0, 0.1) is 6.92 Å². The van der Waals surface area contributed by atoms with Crippen molar-refractivity contribution in [2.75, 3.05) is 38.1 Å². The van der Waals surface area contributed by atoms with Gasteiger partial charge in [-0.3, -0.25) is 0 Å². The van der Waals surface area contributed by atoms with Crippen molar-refractivity contribution in [3.63, 3.8) is 0 Å². The molecule has 1 aliphatic rings. The Morgan fingerprint density at radius 3 is 2.48 bits per heavy atom. The number of hydrogen-bond acceptors (Lipinski definition) is 4. The minimum atomic E-state index is -4.71. The van der Waals surface area contributed by atoms with Crippen LogP contribution in [0.5, 0.6) is 11.6 Å². The maximum absolute atomic E-state index is 12.3. The van der Waals surface area contributed by atoms with Crippen molar-refractivity contribution < 1.29 is 23.0 Å². The molecule has 1 aliphatic heterocycles. The molecule has 1 aromatic heterocycles. The molecule has 5 nitrogen and oxygen atoms in total. The number of anilines is 1. The number of aromatic hydroxyl groups is 1. The van der Waals surface area contributed by atoms with E-state index in [1.165, 1.54) is 12.1 Å². The fourth-order valence-electron chi connectivity index (χ4n) is 4.18. The van der Waals surface area contributed by atoms with E-state index in [1.54, 1.807) is 16.7 Å². The summed E-state index contributed by atoms with van der Waals surface area (Å²) < 4.78 is 42.7. The van der Waals surface area contributed by atoms with Gasteiger partial charge in [0.25, 0.3) is 0 Å². The Balaban J connectivity index is 1.58. The Hall–Kier alpha value is -2.87. The van der Waals surface area contributed by atoms with Gasteiger partial charge in [0.1, 0.15) is 5.75 Å². The second-order valence-electron chi connectivity index (χ2n) is 8.14. The molecule has 0 amide bonds.